The lowest BCUT2D eigenvalue weighted by Crippen LogP contribution is -2.25. The summed E-state index contributed by atoms with van der Waals surface area (Å²) in [5.74, 6) is 1.06. The average molecular weight is 351 g/mol. The SMILES string of the molecule is CCN1C(=O)Cc2c1ccc(C)c2-c1c(O)cc(CCC2CC2)cc1O. The van der Waals surface area contributed by atoms with Gasteiger partial charge in [0.25, 0.3) is 0 Å². The van der Waals surface area contributed by atoms with Gasteiger partial charge in [-0.05, 0) is 73.1 Å². The molecular formula is C22H25NO3. The molecule has 1 amide bonds. The molecule has 0 aromatic heterocycles. The zero-order chi connectivity index (χ0) is 18.4. The molecule has 0 spiro atoms. The molecule has 4 nitrogen and oxygen atoms in total. The number of hydrogen-bond donors (Lipinski definition) is 2. The van der Waals surface area contributed by atoms with Gasteiger partial charge >= 0.3 is 0 Å². The smallest absolute Gasteiger partial charge is 0.231 e. The second kappa shape index (κ2) is 6.35. The molecule has 1 aliphatic heterocycles. The lowest BCUT2D eigenvalue weighted by atomic mass is 9.90. The minimum Gasteiger partial charge on any atom is -0.507 e. The molecule has 4 rings (SSSR count). The first-order valence-electron chi connectivity index (χ1n) is 9.47. The van der Waals surface area contributed by atoms with Crippen molar-refractivity contribution in [2.45, 2.75) is 46.0 Å². The second-order valence-electron chi connectivity index (χ2n) is 7.56. The maximum atomic E-state index is 12.3. The van der Waals surface area contributed by atoms with Crippen LogP contribution in [-0.4, -0.2) is 22.7 Å². The van der Waals surface area contributed by atoms with Crippen molar-refractivity contribution in [3.63, 3.8) is 0 Å². The van der Waals surface area contributed by atoms with Crippen LogP contribution in [0.5, 0.6) is 11.5 Å². The Morgan fingerprint density at radius 2 is 1.81 bits per heavy atom. The number of nitrogens with zero attached hydrogens (tertiary/aromatic N) is 1. The van der Waals surface area contributed by atoms with Gasteiger partial charge in [0.05, 0.1) is 12.0 Å². The summed E-state index contributed by atoms with van der Waals surface area (Å²) in [6.45, 7) is 4.52. The summed E-state index contributed by atoms with van der Waals surface area (Å²) >= 11 is 0. The van der Waals surface area contributed by atoms with Gasteiger partial charge in [-0.2, -0.15) is 0 Å². The van der Waals surface area contributed by atoms with Gasteiger partial charge in [-0.15, -0.1) is 0 Å². The first-order valence-corrected chi connectivity index (χ1v) is 9.47. The monoisotopic (exact) mass is 351 g/mol. The number of phenols is 2. The number of carbonyl (C=O) groups excluding carboxylic acids is 1. The van der Waals surface area contributed by atoms with Crippen LogP contribution < -0.4 is 4.90 Å². The fourth-order valence-corrected chi connectivity index (χ4v) is 4.11. The summed E-state index contributed by atoms with van der Waals surface area (Å²) in [5, 5.41) is 21.4. The number of aryl methyl sites for hydroxylation is 2. The molecule has 1 aliphatic carbocycles. The highest BCUT2D eigenvalue weighted by Gasteiger charge is 2.31. The number of hydrogen-bond acceptors (Lipinski definition) is 3. The predicted octanol–water partition coefficient (Wildman–Crippen LogP) is 4.32. The van der Waals surface area contributed by atoms with Gasteiger partial charge in [-0.25, -0.2) is 0 Å². The first-order chi connectivity index (χ1) is 12.5. The van der Waals surface area contributed by atoms with Crippen LogP contribution in [0, 0.1) is 12.8 Å². The molecule has 0 bridgehead atoms. The lowest BCUT2D eigenvalue weighted by Gasteiger charge is -2.18. The molecule has 0 radical (unpaired) electrons. The Labute approximate surface area is 154 Å². The summed E-state index contributed by atoms with van der Waals surface area (Å²) < 4.78 is 0. The van der Waals surface area contributed by atoms with Crippen LogP contribution in [-0.2, 0) is 17.6 Å². The Kier molecular flexibility index (Phi) is 4.14. The molecule has 4 heteroatoms. The Morgan fingerprint density at radius 3 is 2.42 bits per heavy atom. The van der Waals surface area contributed by atoms with Gasteiger partial charge in [-0.1, -0.05) is 18.9 Å². The van der Waals surface area contributed by atoms with Crippen molar-refractivity contribution in [1.82, 2.24) is 0 Å². The van der Waals surface area contributed by atoms with Gasteiger partial charge < -0.3 is 15.1 Å². The number of phenolic OH excluding ortho intramolecular Hbond substituents is 2. The van der Waals surface area contributed by atoms with Crippen LogP contribution in [0.3, 0.4) is 0 Å². The number of amides is 1. The van der Waals surface area contributed by atoms with E-state index in [2.05, 4.69) is 0 Å². The fraction of sp³-hybridized carbons (Fsp3) is 0.409. The van der Waals surface area contributed by atoms with E-state index in [1.54, 1.807) is 17.0 Å². The number of benzene rings is 2. The minimum atomic E-state index is 0.0642. The first kappa shape index (κ1) is 17.0. The number of carbonyl (C=O) groups is 1. The summed E-state index contributed by atoms with van der Waals surface area (Å²) in [5.41, 5.74) is 4.93. The van der Waals surface area contributed by atoms with Gasteiger partial charge in [0, 0.05) is 12.2 Å². The number of fused-ring (bicyclic) bond motifs is 1. The molecule has 1 heterocycles. The quantitative estimate of drug-likeness (QED) is 0.843. The van der Waals surface area contributed by atoms with Crippen molar-refractivity contribution < 1.29 is 15.0 Å². The highest BCUT2D eigenvalue weighted by Crippen LogP contribution is 2.46. The number of anilines is 1. The van der Waals surface area contributed by atoms with E-state index in [9.17, 15) is 15.0 Å². The average Bonchev–Trinajstić information content (AvgIpc) is 3.36. The van der Waals surface area contributed by atoms with Crippen LogP contribution in [0.1, 0.15) is 42.9 Å². The normalized spacial score (nSPS) is 16.2. The van der Waals surface area contributed by atoms with Crippen LogP contribution in [0.15, 0.2) is 24.3 Å². The van der Waals surface area contributed by atoms with Crippen LogP contribution >= 0.6 is 0 Å². The number of aromatic hydroxyl groups is 2. The largest absolute Gasteiger partial charge is 0.507 e. The van der Waals surface area contributed by atoms with Crippen molar-refractivity contribution in [1.29, 1.82) is 0 Å². The van der Waals surface area contributed by atoms with Crippen LogP contribution in [0.25, 0.3) is 11.1 Å². The van der Waals surface area contributed by atoms with Gasteiger partial charge in [-0.3, -0.25) is 4.79 Å². The minimum absolute atomic E-state index is 0.0642. The molecule has 136 valence electrons. The summed E-state index contributed by atoms with van der Waals surface area (Å²) in [7, 11) is 0. The van der Waals surface area contributed by atoms with Crippen LogP contribution in [0.2, 0.25) is 0 Å². The second-order valence-corrected chi connectivity index (χ2v) is 7.56. The highest BCUT2D eigenvalue weighted by atomic mass is 16.3. The Balaban J connectivity index is 1.78. The van der Waals surface area contributed by atoms with Crippen molar-refractivity contribution in [3.8, 4) is 22.6 Å². The van der Waals surface area contributed by atoms with E-state index in [0.717, 1.165) is 46.7 Å². The van der Waals surface area contributed by atoms with E-state index >= 15 is 0 Å². The lowest BCUT2D eigenvalue weighted by molar-refractivity contribution is -0.117. The molecule has 0 atom stereocenters. The third-order valence-corrected chi connectivity index (χ3v) is 5.68. The molecule has 26 heavy (non-hydrogen) atoms. The number of likely N-dealkylation sites (N-methyl/N-ethyl adjacent to an activating group) is 1. The Hall–Kier alpha value is -2.49. The third-order valence-electron chi connectivity index (χ3n) is 5.68. The third kappa shape index (κ3) is 2.83. The molecule has 1 fully saturated rings. The van der Waals surface area contributed by atoms with E-state index in [0.29, 0.717) is 18.5 Å². The number of rotatable bonds is 5. The standard InChI is InChI=1S/C22H25NO3/c1-3-23-17-9-4-13(2)21(16(17)12-20(23)26)22-18(24)10-15(11-19(22)25)8-7-14-5-6-14/h4,9-11,14,24-25H,3,5-8,12H2,1-2H3. The van der Waals surface area contributed by atoms with E-state index in [-0.39, 0.29) is 17.4 Å². The van der Waals surface area contributed by atoms with E-state index in [1.807, 2.05) is 26.0 Å². The van der Waals surface area contributed by atoms with Gasteiger partial charge in [0.15, 0.2) is 0 Å². The highest BCUT2D eigenvalue weighted by molar-refractivity contribution is 6.05. The molecule has 2 aliphatic rings. The van der Waals surface area contributed by atoms with Crippen molar-refractivity contribution in [2.24, 2.45) is 5.92 Å². The van der Waals surface area contributed by atoms with Gasteiger partial charge in [0.1, 0.15) is 11.5 Å². The van der Waals surface area contributed by atoms with E-state index < -0.39 is 0 Å². The maximum Gasteiger partial charge on any atom is 0.231 e. The maximum absolute atomic E-state index is 12.3. The zero-order valence-electron chi connectivity index (χ0n) is 15.4. The molecule has 1 saturated carbocycles. The predicted molar refractivity (Wildman–Crippen MR) is 103 cm³/mol. The topological polar surface area (TPSA) is 60.8 Å². The molecule has 2 aromatic carbocycles. The summed E-state index contributed by atoms with van der Waals surface area (Å²) in [6.07, 6.45) is 4.89. The molecule has 2 aromatic rings. The summed E-state index contributed by atoms with van der Waals surface area (Å²) in [6, 6.07) is 7.45. The van der Waals surface area contributed by atoms with Crippen molar-refractivity contribution in [2.75, 3.05) is 11.4 Å². The molecule has 0 saturated heterocycles. The Bertz CT molecular complexity index is 860. The van der Waals surface area contributed by atoms with E-state index in [4.69, 9.17) is 0 Å². The van der Waals surface area contributed by atoms with Crippen molar-refractivity contribution >= 4 is 11.6 Å². The summed E-state index contributed by atoms with van der Waals surface area (Å²) in [4.78, 5) is 14.1. The van der Waals surface area contributed by atoms with Crippen LogP contribution in [0.4, 0.5) is 5.69 Å². The fourth-order valence-electron chi connectivity index (χ4n) is 4.11. The molecule has 0 unspecified atom stereocenters. The van der Waals surface area contributed by atoms with E-state index in [1.165, 1.54) is 12.8 Å². The molecule has 2 N–H and O–H groups in total. The van der Waals surface area contributed by atoms with Gasteiger partial charge in [0.2, 0.25) is 5.91 Å². The Morgan fingerprint density at radius 1 is 1.12 bits per heavy atom. The zero-order valence-corrected chi connectivity index (χ0v) is 15.4. The van der Waals surface area contributed by atoms with Crippen molar-refractivity contribution in [3.05, 3.63) is 41.0 Å². The molecular weight excluding hydrogens is 326 g/mol.